The van der Waals surface area contributed by atoms with Gasteiger partial charge in [-0.2, -0.15) is 5.26 Å². The van der Waals surface area contributed by atoms with Crippen LogP contribution >= 0.6 is 0 Å². The third kappa shape index (κ3) is 3.97. The highest BCUT2D eigenvalue weighted by Gasteiger charge is 2.47. The van der Waals surface area contributed by atoms with Crippen molar-refractivity contribution < 1.29 is 4.74 Å². The average Bonchev–Trinajstić information content (AvgIpc) is 2.13. The molecule has 0 heterocycles. The van der Waals surface area contributed by atoms with Crippen molar-refractivity contribution in [1.29, 1.82) is 5.26 Å². The minimum atomic E-state index is -0.385. The Morgan fingerprint density at radius 2 is 1.65 bits per heavy atom. The van der Waals surface area contributed by atoms with Gasteiger partial charge in [-0.05, 0) is 30.1 Å². The van der Waals surface area contributed by atoms with Crippen LogP contribution in [0, 0.1) is 22.2 Å². The largest absolute Gasteiger partial charge is 0.383 e. The summed E-state index contributed by atoms with van der Waals surface area (Å²) >= 11 is 0. The van der Waals surface area contributed by atoms with E-state index in [1.807, 2.05) is 0 Å². The number of nitrogens with zero attached hydrogens (tertiary/aromatic N) is 1. The second-order valence-corrected chi connectivity index (χ2v) is 6.97. The van der Waals surface area contributed by atoms with Gasteiger partial charge in [0.1, 0.15) is 5.54 Å². The first-order valence-corrected chi connectivity index (χ1v) is 6.40. The van der Waals surface area contributed by atoms with E-state index in [4.69, 9.17) is 4.74 Å². The van der Waals surface area contributed by atoms with Crippen molar-refractivity contribution in [2.45, 2.75) is 52.5 Å². The average molecular weight is 238 g/mol. The molecule has 17 heavy (non-hydrogen) atoms. The summed E-state index contributed by atoms with van der Waals surface area (Å²) in [5.41, 5.74) is 0.0544. The van der Waals surface area contributed by atoms with Gasteiger partial charge in [0.25, 0.3) is 0 Å². The Morgan fingerprint density at radius 3 is 2.06 bits per heavy atom. The van der Waals surface area contributed by atoms with Crippen LogP contribution in [-0.2, 0) is 4.74 Å². The van der Waals surface area contributed by atoms with Gasteiger partial charge in [-0.15, -0.1) is 0 Å². The maximum Gasteiger partial charge on any atom is 0.107 e. The fourth-order valence-corrected chi connectivity index (χ4v) is 3.75. The third-order valence-corrected chi connectivity index (χ3v) is 3.50. The third-order valence-electron chi connectivity index (χ3n) is 3.50. The van der Waals surface area contributed by atoms with Crippen molar-refractivity contribution in [1.82, 2.24) is 5.32 Å². The van der Waals surface area contributed by atoms with Crippen molar-refractivity contribution in [3.05, 3.63) is 0 Å². The van der Waals surface area contributed by atoms with Crippen LogP contribution in [0.5, 0.6) is 0 Å². The van der Waals surface area contributed by atoms with E-state index in [2.05, 4.69) is 39.1 Å². The predicted octanol–water partition coefficient (Wildman–Crippen LogP) is 2.72. The first kappa shape index (κ1) is 14.5. The Hall–Kier alpha value is -0.590. The van der Waals surface area contributed by atoms with E-state index in [9.17, 15) is 5.26 Å². The van der Waals surface area contributed by atoms with Crippen molar-refractivity contribution in [3.63, 3.8) is 0 Å². The molecular weight excluding hydrogens is 212 g/mol. The molecule has 0 unspecified atom stereocenters. The highest BCUT2D eigenvalue weighted by molar-refractivity contribution is 5.14. The second-order valence-electron chi connectivity index (χ2n) is 6.97. The first-order valence-electron chi connectivity index (χ1n) is 6.40. The van der Waals surface area contributed by atoms with E-state index < -0.39 is 0 Å². The lowest BCUT2D eigenvalue weighted by atomic mass is 9.59. The molecule has 1 aliphatic carbocycles. The van der Waals surface area contributed by atoms with Crippen LogP contribution in [0.4, 0.5) is 0 Å². The zero-order chi connectivity index (χ0) is 13.2. The summed E-state index contributed by atoms with van der Waals surface area (Å²) in [6.45, 7) is 10.5. The van der Waals surface area contributed by atoms with Crippen molar-refractivity contribution in [2.24, 2.45) is 10.8 Å². The predicted molar refractivity (Wildman–Crippen MR) is 69.6 cm³/mol. The van der Waals surface area contributed by atoms with Gasteiger partial charge in [0, 0.05) is 13.7 Å². The van der Waals surface area contributed by atoms with E-state index in [0.717, 1.165) is 19.4 Å². The summed E-state index contributed by atoms with van der Waals surface area (Å²) in [5, 5.41) is 13.0. The van der Waals surface area contributed by atoms with Crippen LogP contribution in [0.2, 0.25) is 0 Å². The van der Waals surface area contributed by atoms with E-state index in [1.54, 1.807) is 7.11 Å². The molecule has 1 rings (SSSR count). The number of ether oxygens (including phenoxy) is 1. The first-order chi connectivity index (χ1) is 7.74. The van der Waals surface area contributed by atoms with E-state index in [1.165, 1.54) is 6.42 Å². The smallest absolute Gasteiger partial charge is 0.107 e. The van der Waals surface area contributed by atoms with Crippen LogP contribution < -0.4 is 5.32 Å². The summed E-state index contributed by atoms with van der Waals surface area (Å²) in [7, 11) is 1.69. The van der Waals surface area contributed by atoms with Crippen LogP contribution in [-0.4, -0.2) is 25.8 Å². The monoisotopic (exact) mass is 238 g/mol. The molecule has 0 radical (unpaired) electrons. The molecule has 1 saturated carbocycles. The molecule has 0 aliphatic heterocycles. The Labute approximate surface area is 106 Å². The number of nitriles is 1. The molecule has 0 aromatic carbocycles. The zero-order valence-corrected chi connectivity index (χ0v) is 11.9. The standard InChI is InChI=1S/C14H26N2O/c1-12(2)8-13(3,4)10-14(9-12,11-15)16-6-7-17-5/h16H,6-10H2,1-5H3. The van der Waals surface area contributed by atoms with Gasteiger partial charge in [-0.3, -0.25) is 5.32 Å². The minimum Gasteiger partial charge on any atom is -0.383 e. The maximum atomic E-state index is 9.55. The maximum absolute atomic E-state index is 9.55. The Balaban J connectivity index is 2.80. The summed E-state index contributed by atoms with van der Waals surface area (Å²) in [4.78, 5) is 0. The van der Waals surface area contributed by atoms with Crippen molar-refractivity contribution in [3.8, 4) is 6.07 Å². The SMILES string of the molecule is COCCNC1(C#N)CC(C)(C)CC(C)(C)C1. The molecule has 3 heteroatoms. The molecule has 0 bridgehead atoms. The topological polar surface area (TPSA) is 45.0 Å². The van der Waals surface area contributed by atoms with Crippen molar-refractivity contribution >= 4 is 0 Å². The van der Waals surface area contributed by atoms with E-state index >= 15 is 0 Å². The summed E-state index contributed by atoms with van der Waals surface area (Å²) in [6.07, 6.45) is 3.02. The quantitative estimate of drug-likeness (QED) is 0.766. The highest BCUT2D eigenvalue weighted by atomic mass is 16.5. The molecule has 98 valence electrons. The fourth-order valence-electron chi connectivity index (χ4n) is 3.75. The fraction of sp³-hybridized carbons (Fsp3) is 0.929. The Kier molecular flexibility index (Phi) is 4.22. The van der Waals surface area contributed by atoms with Crippen LogP contribution in [0.25, 0.3) is 0 Å². The lowest BCUT2D eigenvalue weighted by molar-refractivity contribution is 0.0514. The molecule has 1 N–H and O–H groups in total. The summed E-state index contributed by atoms with van der Waals surface area (Å²) in [5.74, 6) is 0. The van der Waals surface area contributed by atoms with Gasteiger partial charge in [-0.25, -0.2) is 0 Å². The van der Waals surface area contributed by atoms with Gasteiger partial charge < -0.3 is 4.74 Å². The summed E-state index contributed by atoms with van der Waals surface area (Å²) in [6, 6.07) is 2.52. The van der Waals surface area contributed by atoms with Gasteiger partial charge >= 0.3 is 0 Å². The Bertz CT molecular complexity index is 286. The lowest BCUT2D eigenvalue weighted by Crippen LogP contribution is -2.54. The molecule has 1 fully saturated rings. The van der Waals surface area contributed by atoms with Crippen LogP contribution in [0.1, 0.15) is 47.0 Å². The number of hydrogen-bond donors (Lipinski definition) is 1. The van der Waals surface area contributed by atoms with Gasteiger partial charge in [-0.1, -0.05) is 27.7 Å². The molecule has 0 spiro atoms. The molecule has 1 aliphatic rings. The normalized spacial score (nSPS) is 25.2. The Morgan fingerprint density at radius 1 is 1.12 bits per heavy atom. The highest BCUT2D eigenvalue weighted by Crippen LogP contribution is 2.49. The second kappa shape index (κ2) is 4.96. The number of methoxy groups -OCH3 is 1. The zero-order valence-electron chi connectivity index (χ0n) is 11.9. The molecule has 0 atom stereocenters. The van der Waals surface area contributed by atoms with E-state index in [0.29, 0.717) is 6.61 Å². The molecule has 0 amide bonds. The minimum absolute atomic E-state index is 0.220. The number of rotatable bonds is 4. The van der Waals surface area contributed by atoms with Crippen molar-refractivity contribution in [2.75, 3.05) is 20.3 Å². The number of nitrogens with one attached hydrogen (secondary N) is 1. The number of hydrogen-bond acceptors (Lipinski definition) is 3. The lowest BCUT2D eigenvalue weighted by Gasteiger charge is -2.49. The van der Waals surface area contributed by atoms with Gasteiger partial charge in [0.2, 0.25) is 0 Å². The van der Waals surface area contributed by atoms with Crippen LogP contribution in [0.15, 0.2) is 0 Å². The van der Waals surface area contributed by atoms with Crippen LogP contribution in [0.3, 0.4) is 0 Å². The van der Waals surface area contributed by atoms with E-state index in [-0.39, 0.29) is 16.4 Å². The molecule has 0 saturated heterocycles. The molecule has 0 aromatic heterocycles. The van der Waals surface area contributed by atoms with Gasteiger partial charge in [0.15, 0.2) is 0 Å². The molecule has 0 aromatic rings. The molecule has 3 nitrogen and oxygen atoms in total. The van der Waals surface area contributed by atoms with Gasteiger partial charge in [0.05, 0.1) is 12.7 Å². The molecular formula is C14H26N2O. The summed E-state index contributed by atoms with van der Waals surface area (Å²) < 4.78 is 5.05.